The molecule has 1 fully saturated rings. The third-order valence-corrected chi connectivity index (χ3v) is 8.97. The van der Waals surface area contributed by atoms with Crippen molar-refractivity contribution in [2.24, 2.45) is 0 Å². The van der Waals surface area contributed by atoms with Crippen LogP contribution in [0.15, 0.2) is 58.9 Å². The zero-order chi connectivity index (χ0) is 22.3. The number of halogens is 1. The summed E-state index contributed by atoms with van der Waals surface area (Å²) in [6.45, 7) is 2.81. The van der Waals surface area contributed by atoms with E-state index in [1.165, 1.54) is 16.4 Å². The number of thiazole rings is 1. The summed E-state index contributed by atoms with van der Waals surface area (Å²) in [4.78, 5) is 21.3. The maximum Gasteiger partial charge on any atom is 0.265 e. The van der Waals surface area contributed by atoms with Crippen molar-refractivity contribution in [1.29, 1.82) is 0 Å². The predicted octanol–water partition coefficient (Wildman–Crippen LogP) is 3.51. The molecule has 0 unspecified atom stereocenters. The zero-order valence-electron chi connectivity index (χ0n) is 17.1. The standard InChI is InChI=1S/C22H21ClN4O3S2/c23-18-6-5-17(21(28)25-10-12-26(13-11-25)22-24-8-14-31-22)15-20(18)32(29,30)27-9-7-16-3-1-2-4-19(16)27/h1-6,8,14-15H,7,9-13H2. The molecule has 2 aromatic carbocycles. The van der Waals surface area contributed by atoms with Gasteiger partial charge in [0.1, 0.15) is 4.90 Å². The highest BCUT2D eigenvalue weighted by Gasteiger charge is 2.33. The molecule has 3 aromatic rings. The minimum absolute atomic E-state index is 0.0388. The molecular formula is C22H21ClN4O3S2. The summed E-state index contributed by atoms with van der Waals surface area (Å²) in [5.41, 5.74) is 1.97. The SMILES string of the molecule is O=C(c1ccc(Cl)c(S(=O)(=O)N2CCc3ccccc32)c1)N1CCN(c2nccs2)CC1. The third-order valence-electron chi connectivity index (χ3n) is 5.85. The average Bonchev–Trinajstić information content (AvgIpc) is 3.49. The number of aromatic nitrogens is 1. The monoisotopic (exact) mass is 488 g/mol. The second-order valence-corrected chi connectivity index (χ2v) is 10.8. The van der Waals surface area contributed by atoms with Gasteiger partial charge < -0.3 is 9.80 Å². The number of carbonyl (C=O) groups is 1. The van der Waals surface area contributed by atoms with Gasteiger partial charge in [0.05, 0.1) is 10.7 Å². The van der Waals surface area contributed by atoms with E-state index in [0.717, 1.165) is 10.7 Å². The van der Waals surface area contributed by atoms with E-state index in [9.17, 15) is 13.2 Å². The quantitative estimate of drug-likeness (QED) is 0.562. The molecule has 0 bridgehead atoms. The molecule has 1 saturated heterocycles. The van der Waals surface area contributed by atoms with E-state index >= 15 is 0 Å². The Balaban J connectivity index is 1.38. The number of para-hydroxylation sites is 1. The van der Waals surface area contributed by atoms with Gasteiger partial charge in [0, 0.05) is 49.9 Å². The number of fused-ring (bicyclic) bond motifs is 1. The van der Waals surface area contributed by atoms with Crippen LogP contribution >= 0.6 is 22.9 Å². The van der Waals surface area contributed by atoms with E-state index in [2.05, 4.69) is 9.88 Å². The molecule has 2 aliphatic rings. The Labute approximate surface area is 195 Å². The Bertz CT molecular complexity index is 1260. The van der Waals surface area contributed by atoms with E-state index in [1.54, 1.807) is 34.6 Å². The normalized spacial score (nSPS) is 16.3. The summed E-state index contributed by atoms with van der Waals surface area (Å²) in [6, 6.07) is 11.9. The lowest BCUT2D eigenvalue weighted by Crippen LogP contribution is -2.48. The molecule has 0 spiro atoms. The molecule has 5 rings (SSSR count). The smallest absolute Gasteiger partial charge is 0.265 e. The van der Waals surface area contributed by atoms with Gasteiger partial charge in [-0.05, 0) is 36.2 Å². The van der Waals surface area contributed by atoms with E-state index < -0.39 is 10.0 Å². The van der Waals surface area contributed by atoms with Crippen LogP contribution in [0.3, 0.4) is 0 Å². The number of rotatable bonds is 4. The first-order valence-corrected chi connectivity index (χ1v) is 13.0. The lowest BCUT2D eigenvalue weighted by Gasteiger charge is -2.34. The van der Waals surface area contributed by atoms with Gasteiger partial charge in [-0.2, -0.15) is 0 Å². The number of carbonyl (C=O) groups excluding carboxylic acids is 1. The summed E-state index contributed by atoms with van der Waals surface area (Å²) < 4.78 is 28.3. The van der Waals surface area contributed by atoms with Gasteiger partial charge in [-0.15, -0.1) is 11.3 Å². The van der Waals surface area contributed by atoms with Gasteiger partial charge in [0.15, 0.2) is 5.13 Å². The minimum atomic E-state index is -3.89. The maximum atomic E-state index is 13.4. The van der Waals surface area contributed by atoms with Crippen molar-refractivity contribution in [3.05, 3.63) is 70.2 Å². The fraction of sp³-hybridized carbons (Fsp3) is 0.273. The summed E-state index contributed by atoms with van der Waals surface area (Å²) in [6.07, 6.45) is 2.42. The molecule has 0 atom stereocenters. The molecule has 166 valence electrons. The van der Waals surface area contributed by atoms with Gasteiger partial charge in [0.2, 0.25) is 0 Å². The topological polar surface area (TPSA) is 73.8 Å². The number of sulfonamides is 1. The van der Waals surface area contributed by atoms with Crippen LogP contribution in [0, 0.1) is 0 Å². The fourth-order valence-corrected chi connectivity index (χ4v) is 6.87. The van der Waals surface area contributed by atoms with Crippen LogP contribution in [0.25, 0.3) is 0 Å². The number of nitrogens with zero attached hydrogens (tertiary/aromatic N) is 4. The zero-order valence-corrected chi connectivity index (χ0v) is 19.5. The Morgan fingerprint density at radius 3 is 2.56 bits per heavy atom. The molecule has 10 heteroatoms. The largest absolute Gasteiger partial charge is 0.345 e. The Kier molecular flexibility index (Phi) is 5.56. The van der Waals surface area contributed by atoms with Crippen LogP contribution in [0.5, 0.6) is 0 Å². The molecule has 1 aromatic heterocycles. The maximum absolute atomic E-state index is 13.4. The molecule has 0 aliphatic carbocycles. The second-order valence-electron chi connectivity index (χ2n) is 7.70. The van der Waals surface area contributed by atoms with Crippen LogP contribution in [-0.2, 0) is 16.4 Å². The molecular weight excluding hydrogens is 468 g/mol. The molecule has 3 heterocycles. The predicted molar refractivity (Wildman–Crippen MR) is 126 cm³/mol. The van der Waals surface area contributed by atoms with Crippen LogP contribution in [0.2, 0.25) is 5.02 Å². The molecule has 7 nitrogen and oxygen atoms in total. The lowest BCUT2D eigenvalue weighted by atomic mass is 10.2. The highest BCUT2D eigenvalue weighted by Crippen LogP contribution is 2.35. The minimum Gasteiger partial charge on any atom is -0.345 e. The number of anilines is 2. The van der Waals surface area contributed by atoms with E-state index in [-0.39, 0.29) is 15.8 Å². The van der Waals surface area contributed by atoms with E-state index in [4.69, 9.17) is 11.6 Å². The molecule has 0 radical (unpaired) electrons. The molecule has 0 N–H and O–H groups in total. The molecule has 0 saturated carbocycles. The summed E-state index contributed by atoms with van der Waals surface area (Å²) in [5.74, 6) is -0.196. The number of benzene rings is 2. The van der Waals surface area contributed by atoms with Gasteiger partial charge in [-0.3, -0.25) is 9.10 Å². The highest BCUT2D eigenvalue weighted by molar-refractivity contribution is 7.93. The van der Waals surface area contributed by atoms with Crippen molar-refractivity contribution in [2.45, 2.75) is 11.3 Å². The number of hydrogen-bond donors (Lipinski definition) is 0. The van der Waals surface area contributed by atoms with Gasteiger partial charge in [0.25, 0.3) is 15.9 Å². The van der Waals surface area contributed by atoms with E-state index in [0.29, 0.717) is 50.4 Å². The Morgan fingerprint density at radius 1 is 1.03 bits per heavy atom. The van der Waals surface area contributed by atoms with Crippen molar-refractivity contribution in [1.82, 2.24) is 9.88 Å². The second kappa shape index (κ2) is 8.38. The third kappa shape index (κ3) is 3.74. The van der Waals surface area contributed by atoms with Crippen molar-refractivity contribution in [3.8, 4) is 0 Å². The van der Waals surface area contributed by atoms with Crippen molar-refractivity contribution >= 4 is 49.7 Å². The first-order valence-electron chi connectivity index (χ1n) is 10.3. The van der Waals surface area contributed by atoms with Gasteiger partial charge in [-0.25, -0.2) is 13.4 Å². The van der Waals surface area contributed by atoms with E-state index in [1.807, 2.05) is 23.6 Å². The first kappa shape index (κ1) is 21.2. The van der Waals surface area contributed by atoms with Crippen LogP contribution in [0.1, 0.15) is 15.9 Å². The molecule has 32 heavy (non-hydrogen) atoms. The van der Waals surface area contributed by atoms with Gasteiger partial charge >= 0.3 is 0 Å². The lowest BCUT2D eigenvalue weighted by molar-refractivity contribution is 0.0746. The first-order chi connectivity index (χ1) is 15.4. The van der Waals surface area contributed by atoms with Crippen molar-refractivity contribution in [3.63, 3.8) is 0 Å². The molecule has 1 amide bonds. The van der Waals surface area contributed by atoms with Crippen molar-refractivity contribution < 1.29 is 13.2 Å². The summed E-state index contributed by atoms with van der Waals surface area (Å²) in [7, 11) is -3.89. The number of hydrogen-bond acceptors (Lipinski definition) is 6. The van der Waals surface area contributed by atoms with Crippen LogP contribution in [-0.4, -0.2) is 56.9 Å². The number of piperazine rings is 1. The van der Waals surface area contributed by atoms with Crippen LogP contribution < -0.4 is 9.21 Å². The van der Waals surface area contributed by atoms with Crippen LogP contribution in [0.4, 0.5) is 10.8 Å². The fourth-order valence-electron chi connectivity index (χ4n) is 4.17. The highest BCUT2D eigenvalue weighted by atomic mass is 35.5. The Hall–Kier alpha value is -2.62. The number of amides is 1. The summed E-state index contributed by atoms with van der Waals surface area (Å²) >= 11 is 7.88. The average molecular weight is 489 g/mol. The van der Waals surface area contributed by atoms with Gasteiger partial charge in [-0.1, -0.05) is 29.8 Å². The molecule has 2 aliphatic heterocycles. The summed E-state index contributed by atoms with van der Waals surface area (Å²) in [5, 5.41) is 2.99. The van der Waals surface area contributed by atoms with Crippen molar-refractivity contribution in [2.75, 3.05) is 41.9 Å². The Morgan fingerprint density at radius 2 is 1.81 bits per heavy atom.